The second kappa shape index (κ2) is 4.27. The van der Waals surface area contributed by atoms with E-state index in [4.69, 9.17) is 0 Å². The molecule has 1 aliphatic carbocycles. The molecule has 1 aliphatic rings. The van der Waals surface area contributed by atoms with E-state index in [-0.39, 0.29) is 0 Å². The summed E-state index contributed by atoms with van der Waals surface area (Å²) in [5.74, 6) is 0. The summed E-state index contributed by atoms with van der Waals surface area (Å²) in [7, 11) is 0. The summed E-state index contributed by atoms with van der Waals surface area (Å²) in [5, 5.41) is 13.4. The minimum Gasteiger partial charge on any atom is -0.252 e. The van der Waals surface area contributed by atoms with Gasteiger partial charge in [0.05, 0.1) is 23.3 Å². The summed E-state index contributed by atoms with van der Waals surface area (Å²) in [4.78, 5) is 8.95. The van der Waals surface area contributed by atoms with Gasteiger partial charge in [-0.1, -0.05) is 12.1 Å². The van der Waals surface area contributed by atoms with Gasteiger partial charge in [-0.3, -0.25) is 4.98 Å². The number of aromatic nitrogens is 6. The number of rotatable bonds is 3. The first-order valence-corrected chi connectivity index (χ1v) is 6.89. The first-order chi connectivity index (χ1) is 9.40. The summed E-state index contributed by atoms with van der Waals surface area (Å²) in [6.07, 6.45) is 4.07. The first kappa shape index (κ1) is 10.9. The van der Waals surface area contributed by atoms with Crippen LogP contribution in [0.5, 0.6) is 0 Å². The Bertz CT molecular complexity index is 736. The van der Waals surface area contributed by atoms with Crippen LogP contribution >= 0.6 is 11.8 Å². The number of tetrazole rings is 1. The van der Waals surface area contributed by atoms with Gasteiger partial charge in [0.25, 0.3) is 0 Å². The maximum Gasteiger partial charge on any atom is 0.215 e. The van der Waals surface area contributed by atoms with Crippen LogP contribution in [-0.4, -0.2) is 30.2 Å². The molecule has 0 aliphatic heterocycles. The van der Waals surface area contributed by atoms with Crippen molar-refractivity contribution in [3.63, 3.8) is 0 Å². The second-order valence-corrected chi connectivity index (χ2v) is 5.42. The SMILES string of the molecule is c1ccc2nc(Sc3nnnn3C3CC3)cnc2c1. The van der Waals surface area contributed by atoms with E-state index >= 15 is 0 Å². The van der Waals surface area contributed by atoms with Crippen LogP contribution in [0.15, 0.2) is 40.6 Å². The van der Waals surface area contributed by atoms with Crippen LogP contribution in [0, 0.1) is 0 Å². The predicted octanol–water partition coefficient (Wildman–Crippen LogP) is 2.10. The molecule has 19 heavy (non-hydrogen) atoms. The molecule has 0 saturated heterocycles. The third-order valence-electron chi connectivity index (χ3n) is 2.98. The molecule has 0 atom stereocenters. The normalized spacial score (nSPS) is 14.9. The van der Waals surface area contributed by atoms with E-state index in [1.807, 2.05) is 28.9 Å². The monoisotopic (exact) mass is 270 g/mol. The Morgan fingerprint density at radius 3 is 2.84 bits per heavy atom. The zero-order valence-corrected chi connectivity index (χ0v) is 10.8. The number of hydrogen-bond donors (Lipinski definition) is 0. The van der Waals surface area contributed by atoms with E-state index < -0.39 is 0 Å². The van der Waals surface area contributed by atoms with Crippen molar-refractivity contribution in [1.82, 2.24) is 30.2 Å². The summed E-state index contributed by atoms with van der Waals surface area (Å²) in [6.45, 7) is 0. The van der Waals surface area contributed by atoms with Gasteiger partial charge >= 0.3 is 0 Å². The van der Waals surface area contributed by atoms with Crippen LogP contribution in [0.2, 0.25) is 0 Å². The Morgan fingerprint density at radius 2 is 2.00 bits per heavy atom. The standard InChI is InChI=1S/C12H10N6S/c1-2-4-10-9(3-1)13-7-11(14-10)19-12-15-16-17-18(12)8-5-6-8/h1-4,7-8H,5-6H2. The lowest BCUT2D eigenvalue weighted by molar-refractivity contribution is 0.565. The lowest BCUT2D eigenvalue weighted by Crippen LogP contribution is -1.99. The van der Waals surface area contributed by atoms with Crippen molar-refractivity contribution in [2.24, 2.45) is 0 Å². The van der Waals surface area contributed by atoms with Crippen molar-refractivity contribution in [3.8, 4) is 0 Å². The average molecular weight is 270 g/mol. The molecule has 7 heteroatoms. The van der Waals surface area contributed by atoms with Gasteiger partial charge < -0.3 is 0 Å². The first-order valence-electron chi connectivity index (χ1n) is 6.08. The highest BCUT2D eigenvalue weighted by Gasteiger charge is 2.28. The summed E-state index contributed by atoms with van der Waals surface area (Å²) >= 11 is 1.46. The number of hydrogen-bond acceptors (Lipinski definition) is 6. The Morgan fingerprint density at radius 1 is 1.16 bits per heavy atom. The van der Waals surface area contributed by atoms with Gasteiger partial charge in [-0.25, -0.2) is 9.67 Å². The van der Waals surface area contributed by atoms with Gasteiger partial charge in [0.2, 0.25) is 5.16 Å². The lowest BCUT2D eigenvalue weighted by atomic mass is 10.3. The van der Waals surface area contributed by atoms with Crippen molar-refractivity contribution >= 4 is 22.8 Å². The minimum absolute atomic E-state index is 0.464. The molecule has 1 saturated carbocycles. The van der Waals surface area contributed by atoms with Crippen LogP contribution in [0.25, 0.3) is 11.0 Å². The van der Waals surface area contributed by atoms with Gasteiger partial charge in [-0.05, 0) is 47.2 Å². The van der Waals surface area contributed by atoms with Crippen LogP contribution in [0.4, 0.5) is 0 Å². The van der Waals surface area contributed by atoms with E-state index in [1.54, 1.807) is 6.20 Å². The molecule has 0 amide bonds. The molecule has 3 aromatic rings. The quantitative estimate of drug-likeness (QED) is 0.726. The van der Waals surface area contributed by atoms with E-state index in [0.717, 1.165) is 34.1 Å². The molecule has 2 aromatic heterocycles. The molecule has 94 valence electrons. The molecule has 0 unspecified atom stereocenters. The zero-order chi connectivity index (χ0) is 12.7. The number of nitrogens with zero attached hydrogens (tertiary/aromatic N) is 6. The van der Waals surface area contributed by atoms with Crippen LogP contribution in [-0.2, 0) is 0 Å². The number of para-hydroxylation sites is 2. The number of benzene rings is 1. The largest absolute Gasteiger partial charge is 0.252 e. The Labute approximate surface area is 113 Å². The van der Waals surface area contributed by atoms with Gasteiger partial charge in [0, 0.05) is 0 Å². The molecule has 0 spiro atoms. The third kappa shape index (κ3) is 2.06. The maximum absolute atomic E-state index is 4.56. The molecule has 1 fully saturated rings. The topological polar surface area (TPSA) is 69.4 Å². The molecular weight excluding hydrogens is 260 g/mol. The van der Waals surface area contributed by atoms with Crippen LogP contribution < -0.4 is 0 Å². The molecule has 0 radical (unpaired) electrons. The molecule has 2 heterocycles. The van der Waals surface area contributed by atoms with Gasteiger partial charge in [-0.2, -0.15) is 0 Å². The van der Waals surface area contributed by atoms with E-state index in [0.29, 0.717) is 6.04 Å². The Hall–Kier alpha value is -2.02. The smallest absolute Gasteiger partial charge is 0.215 e. The molecule has 1 aromatic carbocycles. The van der Waals surface area contributed by atoms with Crippen molar-refractivity contribution in [3.05, 3.63) is 30.5 Å². The second-order valence-electron chi connectivity index (χ2n) is 4.44. The third-order valence-corrected chi connectivity index (χ3v) is 3.83. The molecule has 6 nitrogen and oxygen atoms in total. The average Bonchev–Trinajstić information content (AvgIpc) is 3.19. The maximum atomic E-state index is 4.56. The van der Waals surface area contributed by atoms with E-state index in [2.05, 4.69) is 25.5 Å². The molecule has 0 N–H and O–H groups in total. The summed E-state index contributed by atoms with van der Waals surface area (Å²) in [5.41, 5.74) is 1.78. The number of fused-ring (bicyclic) bond motifs is 1. The summed E-state index contributed by atoms with van der Waals surface area (Å²) < 4.78 is 1.88. The van der Waals surface area contributed by atoms with Crippen LogP contribution in [0.1, 0.15) is 18.9 Å². The predicted molar refractivity (Wildman–Crippen MR) is 69.7 cm³/mol. The fourth-order valence-electron chi connectivity index (χ4n) is 1.88. The van der Waals surface area contributed by atoms with E-state index in [1.165, 1.54) is 11.8 Å². The Balaban J connectivity index is 1.68. The molecule has 4 rings (SSSR count). The Kier molecular flexibility index (Phi) is 2.44. The fraction of sp³-hybridized carbons (Fsp3) is 0.250. The van der Waals surface area contributed by atoms with Crippen LogP contribution in [0.3, 0.4) is 0 Å². The fourth-order valence-corrected chi connectivity index (χ4v) is 2.68. The van der Waals surface area contributed by atoms with E-state index in [9.17, 15) is 0 Å². The van der Waals surface area contributed by atoms with Crippen molar-refractivity contribution in [1.29, 1.82) is 0 Å². The van der Waals surface area contributed by atoms with Crippen molar-refractivity contribution < 1.29 is 0 Å². The zero-order valence-electron chi connectivity index (χ0n) is 9.97. The van der Waals surface area contributed by atoms with Crippen molar-refractivity contribution in [2.45, 2.75) is 29.1 Å². The van der Waals surface area contributed by atoms with Gasteiger partial charge in [0.1, 0.15) is 5.03 Å². The molecular formula is C12H10N6S. The summed E-state index contributed by atoms with van der Waals surface area (Å²) in [6, 6.07) is 8.28. The van der Waals surface area contributed by atoms with Crippen molar-refractivity contribution in [2.75, 3.05) is 0 Å². The van der Waals surface area contributed by atoms with Gasteiger partial charge in [0.15, 0.2) is 0 Å². The lowest BCUT2D eigenvalue weighted by Gasteiger charge is -2.02. The minimum atomic E-state index is 0.464. The van der Waals surface area contributed by atoms with Gasteiger partial charge in [-0.15, -0.1) is 5.10 Å². The highest BCUT2D eigenvalue weighted by atomic mass is 32.2. The highest BCUT2D eigenvalue weighted by molar-refractivity contribution is 7.99. The molecule has 0 bridgehead atoms. The highest BCUT2D eigenvalue weighted by Crippen LogP contribution is 2.37.